The van der Waals surface area contributed by atoms with Gasteiger partial charge < -0.3 is 10.2 Å². The first-order valence-electron chi connectivity index (χ1n) is 8.48. The van der Waals surface area contributed by atoms with Crippen LogP contribution in [0.3, 0.4) is 0 Å². The van der Waals surface area contributed by atoms with Crippen LogP contribution in [0.2, 0.25) is 0 Å². The molecule has 1 aliphatic heterocycles. The van der Waals surface area contributed by atoms with Crippen molar-refractivity contribution in [3.63, 3.8) is 0 Å². The molecule has 4 heteroatoms. The number of piperazine rings is 1. The van der Waals surface area contributed by atoms with E-state index in [1.54, 1.807) is 0 Å². The fourth-order valence-electron chi connectivity index (χ4n) is 3.19. The quantitative estimate of drug-likeness (QED) is 0.901. The number of benzene rings is 1. The van der Waals surface area contributed by atoms with Crippen LogP contribution in [0.15, 0.2) is 24.3 Å². The molecule has 1 saturated carbocycles. The third kappa shape index (κ3) is 3.50. The Kier molecular flexibility index (Phi) is 4.79. The number of hydrogen-bond donors (Lipinski definition) is 1. The molecule has 1 amide bonds. The van der Waals surface area contributed by atoms with Gasteiger partial charge in [0.25, 0.3) is 0 Å². The van der Waals surface area contributed by atoms with Crippen LogP contribution >= 0.6 is 0 Å². The van der Waals surface area contributed by atoms with Gasteiger partial charge in [-0.05, 0) is 30.4 Å². The lowest BCUT2D eigenvalue weighted by Gasteiger charge is -2.37. The minimum Gasteiger partial charge on any atom is -0.342 e. The van der Waals surface area contributed by atoms with Gasteiger partial charge in [0.05, 0.1) is 6.54 Å². The summed E-state index contributed by atoms with van der Waals surface area (Å²) in [6.07, 6.45) is 3.41. The second kappa shape index (κ2) is 6.80. The minimum atomic E-state index is 0.263. The van der Waals surface area contributed by atoms with Gasteiger partial charge in [-0.2, -0.15) is 0 Å². The smallest absolute Gasteiger partial charge is 0.236 e. The van der Waals surface area contributed by atoms with Crippen molar-refractivity contribution in [1.29, 1.82) is 0 Å². The number of likely N-dealkylation sites (N-methyl/N-ethyl adjacent to an activating group) is 1. The Morgan fingerprint density at radius 1 is 1.32 bits per heavy atom. The van der Waals surface area contributed by atoms with Crippen molar-refractivity contribution in [2.24, 2.45) is 0 Å². The van der Waals surface area contributed by atoms with Crippen molar-refractivity contribution in [3.05, 3.63) is 35.4 Å². The Morgan fingerprint density at radius 3 is 2.68 bits per heavy atom. The van der Waals surface area contributed by atoms with E-state index in [1.807, 2.05) is 11.9 Å². The molecule has 22 heavy (non-hydrogen) atoms. The van der Waals surface area contributed by atoms with E-state index < -0.39 is 0 Å². The molecule has 1 atom stereocenters. The van der Waals surface area contributed by atoms with E-state index in [9.17, 15) is 4.79 Å². The second-order valence-corrected chi connectivity index (χ2v) is 6.52. The van der Waals surface area contributed by atoms with E-state index in [1.165, 1.54) is 24.0 Å². The molecule has 0 bridgehead atoms. The van der Waals surface area contributed by atoms with Gasteiger partial charge in [-0.15, -0.1) is 0 Å². The van der Waals surface area contributed by atoms with Crippen molar-refractivity contribution < 1.29 is 4.79 Å². The summed E-state index contributed by atoms with van der Waals surface area (Å²) in [7, 11) is 1.95. The molecule has 1 N–H and O–H groups in total. The van der Waals surface area contributed by atoms with Crippen molar-refractivity contribution >= 4 is 5.91 Å². The summed E-state index contributed by atoms with van der Waals surface area (Å²) in [5.74, 6) is 0.263. The predicted molar refractivity (Wildman–Crippen MR) is 88.8 cm³/mol. The molecule has 1 aliphatic carbocycles. The molecule has 1 saturated heterocycles. The van der Waals surface area contributed by atoms with Crippen molar-refractivity contribution in [3.8, 4) is 0 Å². The first kappa shape index (κ1) is 15.5. The lowest BCUT2D eigenvalue weighted by molar-refractivity contribution is -0.132. The molecule has 2 fully saturated rings. The van der Waals surface area contributed by atoms with Crippen molar-refractivity contribution in [2.75, 3.05) is 33.2 Å². The molecule has 0 aromatic heterocycles. The van der Waals surface area contributed by atoms with Crippen LogP contribution < -0.4 is 5.32 Å². The maximum atomic E-state index is 12.4. The Bertz CT molecular complexity index is 510. The van der Waals surface area contributed by atoms with Gasteiger partial charge in [-0.3, -0.25) is 9.69 Å². The summed E-state index contributed by atoms with van der Waals surface area (Å²) in [5, 5.41) is 3.46. The number of carbonyl (C=O) groups is 1. The maximum absolute atomic E-state index is 12.4. The summed E-state index contributed by atoms with van der Waals surface area (Å²) in [6.45, 7) is 5.53. The highest BCUT2D eigenvalue weighted by Gasteiger charge is 2.32. The lowest BCUT2D eigenvalue weighted by Crippen LogP contribution is -2.50. The number of rotatable bonds is 5. The molecule has 1 aromatic carbocycles. The molecule has 2 aliphatic rings. The minimum absolute atomic E-state index is 0.263. The zero-order chi connectivity index (χ0) is 15.5. The topological polar surface area (TPSA) is 35.6 Å². The van der Waals surface area contributed by atoms with Crippen LogP contribution in [0, 0.1) is 0 Å². The molecule has 1 aromatic rings. The molecule has 0 spiro atoms. The Morgan fingerprint density at radius 2 is 2.05 bits per heavy atom. The number of nitrogens with one attached hydrogen (secondary N) is 1. The molecular weight excluding hydrogens is 274 g/mol. The third-order valence-electron chi connectivity index (χ3n) is 4.95. The summed E-state index contributed by atoms with van der Waals surface area (Å²) in [5.41, 5.74) is 2.68. The van der Waals surface area contributed by atoms with Crippen LogP contribution in [0.4, 0.5) is 0 Å². The number of carbonyl (C=O) groups excluding carboxylic acids is 1. The average Bonchev–Trinajstić information content (AvgIpc) is 3.39. The zero-order valence-electron chi connectivity index (χ0n) is 13.7. The van der Waals surface area contributed by atoms with E-state index in [2.05, 4.69) is 41.4 Å². The van der Waals surface area contributed by atoms with E-state index in [-0.39, 0.29) is 5.91 Å². The van der Waals surface area contributed by atoms with Gasteiger partial charge in [-0.25, -0.2) is 0 Å². The normalized spacial score (nSPS) is 22.5. The summed E-state index contributed by atoms with van der Waals surface area (Å²) in [4.78, 5) is 16.7. The Balaban J connectivity index is 1.68. The molecule has 1 heterocycles. The maximum Gasteiger partial charge on any atom is 0.236 e. The number of hydrogen-bond acceptors (Lipinski definition) is 3. The third-order valence-corrected chi connectivity index (χ3v) is 4.95. The molecule has 4 nitrogen and oxygen atoms in total. The van der Waals surface area contributed by atoms with E-state index >= 15 is 0 Å². The molecule has 0 radical (unpaired) electrons. The van der Waals surface area contributed by atoms with E-state index in [0.29, 0.717) is 18.6 Å². The van der Waals surface area contributed by atoms with Gasteiger partial charge in [0.2, 0.25) is 5.91 Å². The van der Waals surface area contributed by atoms with E-state index in [4.69, 9.17) is 0 Å². The van der Waals surface area contributed by atoms with Gasteiger partial charge >= 0.3 is 0 Å². The van der Waals surface area contributed by atoms with Crippen LogP contribution in [0.5, 0.6) is 0 Å². The van der Waals surface area contributed by atoms with Crippen molar-refractivity contribution in [1.82, 2.24) is 15.1 Å². The molecule has 3 rings (SSSR count). The highest BCUT2D eigenvalue weighted by atomic mass is 16.2. The van der Waals surface area contributed by atoms with Gasteiger partial charge in [0.1, 0.15) is 0 Å². The summed E-state index contributed by atoms with van der Waals surface area (Å²) in [6, 6.07) is 9.66. The molecule has 1 unspecified atom stereocenters. The summed E-state index contributed by atoms with van der Waals surface area (Å²) >= 11 is 0. The first-order valence-corrected chi connectivity index (χ1v) is 8.48. The van der Waals surface area contributed by atoms with Crippen LogP contribution in [0.1, 0.15) is 36.9 Å². The highest BCUT2D eigenvalue weighted by Crippen LogP contribution is 2.27. The standard InChI is InChI=1S/C18H27N3O/c1-3-14-4-6-15(7-5-14)17-12-19-10-11-21(17)13-18(22)20(2)16-8-9-16/h4-7,16-17,19H,3,8-13H2,1-2H3. The predicted octanol–water partition coefficient (Wildman–Crippen LogP) is 1.82. The Labute approximate surface area is 133 Å². The Hall–Kier alpha value is -1.39. The average molecular weight is 301 g/mol. The first-order chi connectivity index (χ1) is 10.7. The van der Waals surface area contributed by atoms with Gasteiger partial charge in [0, 0.05) is 38.8 Å². The number of aryl methyl sites for hydroxylation is 1. The monoisotopic (exact) mass is 301 g/mol. The zero-order valence-corrected chi connectivity index (χ0v) is 13.7. The number of nitrogens with zero attached hydrogens (tertiary/aromatic N) is 2. The van der Waals surface area contributed by atoms with Crippen molar-refractivity contribution in [2.45, 2.75) is 38.3 Å². The van der Waals surface area contributed by atoms with Crippen LogP contribution in [-0.2, 0) is 11.2 Å². The number of amides is 1. The van der Waals surface area contributed by atoms with Gasteiger partial charge in [-0.1, -0.05) is 31.2 Å². The fraction of sp³-hybridized carbons (Fsp3) is 0.611. The molecular formula is C18H27N3O. The largest absolute Gasteiger partial charge is 0.342 e. The van der Waals surface area contributed by atoms with E-state index in [0.717, 1.165) is 26.1 Å². The second-order valence-electron chi connectivity index (χ2n) is 6.52. The van der Waals surface area contributed by atoms with Gasteiger partial charge in [0.15, 0.2) is 0 Å². The molecule has 120 valence electrons. The SMILES string of the molecule is CCc1ccc(C2CNCCN2CC(=O)N(C)C2CC2)cc1. The van der Waals surface area contributed by atoms with Crippen LogP contribution in [-0.4, -0.2) is 55.0 Å². The highest BCUT2D eigenvalue weighted by molar-refractivity contribution is 5.78. The lowest BCUT2D eigenvalue weighted by atomic mass is 10.0. The fourth-order valence-corrected chi connectivity index (χ4v) is 3.19. The summed E-state index contributed by atoms with van der Waals surface area (Å²) < 4.78 is 0. The van der Waals surface area contributed by atoms with Crippen LogP contribution in [0.25, 0.3) is 0 Å².